The molecule has 0 saturated carbocycles. The fourth-order valence-electron chi connectivity index (χ4n) is 1.65. The molecule has 0 unspecified atom stereocenters. The topological polar surface area (TPSA) is 65.5 Å². The Morgan fingerprint density at radius 1 is 1.44 bits per heavy atom. The standard InChI is InChI=1S/C10H12ClN3O2/c11-9-7(10(15)16)1-2-8(13-9)14-5-3-12-4-6-14/h1-2,12H,3-6H2,(H,15,16). The third-order valence-corrected chi connectivity index (χ3v) is 2.79. The van der Waals surface area contributed by atoms with Gasteiger partial charge in [0.25, 0.3) is 0 Å². The van der Waals surface area contributed by atoms with Gasteiger partial charge in [-0.05, 0) is 12.1 Å². The summed E-state index contributed by atoms with van der Waals surface area (Å²) in [6, 6.07) is 3.19. The zero-order chi connectivity index (χ0) is 11.5. The molecule has 1 fully saturated rings. The van der Waals surface area contributed by atoms with E-state index in [1.165, 1.54) is 6.07 Å². The Bertz CT molecular complexity index is 405. The van der Waals surface area contributed by atoms with Crippen LogP contribution < -0.4 is 10.2 Å². The molecule has 86 valence electrons. The van der Waals surface area contributed by atoms with Crippen LogP contribution in [0.3, 0.4) is 0 Å². The summed E-state index contributed by atoms with van der Waals surface area (Å²) in [6.45, 7) is 3.52. The molecule has 1 saturated heterocycles. The van der Waals surface area contributed by atoms with E-state index < -0.39 is 5.97 Å². The first-order valence-corrected chi connectivity index (χ1v) is 5.42. The largest absolute Gasteiger partial charge is 0.478 e. The minimum absolute atomic E-state index is 0.0422. The maximum atomic E-state index is 10.8. The van der Waals surface area contributed by atoms with Gasteiger partial charge in [-0.1, -0.05) is 11.6 Å². The Morgan fingerprint density at radius 3 is 2.69 bits per heavy atom. The van der Waals surface area contributed by atoms with Gasteiger partial charge in [0, 0.05) is 26.2 Å². The van der Waals surface area contributed by atoms with Crippen molar-refractivity contribution < 1.29 is 9.90 Å². The Balaban J connectivity index is 2.23. The highest BCUT2D eigenvalue weighted by atomic mass is 35.5. The predicted molar refractivity (Wildman–Crippen MR) is 61.3 cm³/mol. The van der Waals surface area contributed by atoms with Crippen LogP contribution in [0.25, 0.3) is 0 Å². The Labute approximate surface area is 98.0 Å². The lowest BCUT2D eigenvalue weighted by Crippen LogP contribution is -2.43. The van der Waals surface area contributed by atoms with E-state index in [0.717, 1.165) is 32.0 Å². The third kappa shape index (κ3) is 2.25. The highest BCUT2D eigenvalue weighted by Gasteiger charge is 2.15. The number of nitrogens with zero attached hydrogens (tertiary/aromatic N) is 2. The maximum Gasteiger partial charge on any atom is 0.338 e. The Morgan fingerprint density at radius 2 is 2.12 bits per heavy atom. The number of rotatable bonds is 2. The molecule has 1 aliphatic rings. The quantitative estimate of drug-likeness (QED) is 0.752. The zero-order valence-electron chi connectivity index (χ0n) is 8.61. The number of piperazine rings is 1. The lowest BCUT2D eigenvalue weighted by molar-refractivity contribution is 0.0696. The highest BCUT2D eigenvalue weighted by molar-refractivity contribution is 6.32. The van der Waals surface area contributed by atoms with E-state index in [-0.39, 0.29) is 10.7 Å². The highest BCUT2D eigenvalue weighted by Crippen LogP contribution is 2.19. The molecule has 1 aromatic rings. The molecule has 0 atom stereocenters. The minimum Gasteiger partial charge on any atom is -0.478 e. The lowest BCUT2D eigenvalue weighted by Gasteiger charge is -2.28. The number of aromatic nitrogens is 1. The van der Waals surface area contributed by atoms with E-state index in [1.807, 2.05) is 0 Å². The summed E-state index contributed by atoms with van der Waals surface area (Å²) in [6.07, 6.45) is 0. The van der Waals surface area contributed by atoms with Crippen LogP contribution in [-0.4, -0.2) is 42.2 Å². The van der Waals surface area contributed by atoms with Crippen LogP contribution in [0.1, 0.15) is 10.4 Å². The number of hydrogen-bond donors (Lipinski definition) is 2. The summed E-state index contributed by atoms with van der Waals surface area (Å²) in [4.78, 5) is 16.9. The molecule has 2 N–H and O–H groups in total. The smallest absolute Gasteiger partial charge is 0.338 e. The second-order valence-electron chi connectivity index (χ2n) is 3.55. The molecule has 0 radical (unpaired) electrons. The first-order valence-electron chi connectivity index (χ1n) is 5.04. The molecule has 0 amide bonds. The SMILES string of the molecule is O=C(O)c1ccc(N2CCNCC2)nc1Cl. The first kappa shape index (κ1) is 11.2. The molecule has 0 bridgehead atoms. The summed E-state index contributed by atoms with van der Waals surface area (Å²) in [5.41, 5.74) is 0.0422. The van der Waals surface area contributed by atoms with Gasteiger partial charge in [-0.15, -0.1) is 0 Å². The van der Waals surface area contributed by atoms with Crippen LogP contribution in [0.5, 0.6) is 0 Å². The van der Waals surface area contributed by atoms with Gasteiger partial charge in [0.05, 0.1) is 5.56 Å². The molecule has 5 nitrogen and oxygen atoms in total. The van der Waals surface area contributed by atoms with Gasteiger partial charge in [-0.3, -0.25) is 0 Å². The van der Waals surface area contributed by atoms with Crippen molar-refractivity contribution in [1.82, 2.24) is 10.3 Å². The number of carboxylic acid groups (broad SMARTS) is 1. The first-order chi connectivity index (χ1) is 7.68. The van der Waals surface area contributed by atoms with Crippen LogP contribution in [0.4, 0.5) is 5.82 Å². The summed E-state index contributed by atoms with van der Waals surface area (Å²) < 4.78 is 0. The summed E-state index contributed by atoms with van der Waals surface area (Å²) in [5.74, 6) is -0.319. The van der Waals surface area contributed by atoms with Crippen LogP contribution in [0, 0.1) is 0 Å². The average Bonchev–Trinajstić information content (AvgIpc) is 2.29. The van der Waals surface area contributed by atoms with Gasteiger partial charge in [-0.2, -0.15) is 0 Å². The molecule has 0 aromatic carbocycles. The third-order valence-electron chi connectivity index (χ3n) is 2.51. The minimum atomic E-state index is -1.05. The second kappa shape index (κ2) is 4.67. The van der Waals surface area contributed by atoms with Crippen LogP contribution >= 0.6 is 11.6 Å². The number of carboxylic acids is 1. The summed E-state index contributed by atoms with van der Waals surface area (Å²) in [7, 11) is 0. The molecule has 1 aliphatic heterocycles. The van der Waals surface area contributed by atoms with E-state index >= 15 is 0 Å². The van der Waals surface area contributed by atoms with Crippen molar-refractivity contribution in [2.75, 3.05) is 31.1 Å². The molecule has 2 heterocycles. The molecule has 2 rings (SSSR count). The van der Waals surface area contributed by atoms with E-state index in [4.69, 9.17) is 16.7 Å². The van der Waals surface area contributed by atoms with Gasteiger partial charge in [-0.25, -0.2) is 9.78 Å². The summed E-state index contributed by atoms with van der Waals surface area (Å²) >= 11 is 5.81. The van der Waals surface area contributed by atoms with E-state index in [0.29, 0.717) is 0 Å². The van der Waals surface area contributed by atoms with Gasteiger partial charge in [0.1, 0.15) is 11.0 Å². The number of halogens is 1. The van der Waals surface area contributed by atoms with E-state index in [2.05, 4.69) is 15.2 Å². The normalized spacial score (nSPS) is 16.2. The van der Waals surface area contributed by atoms with Crippen molar-refractivity contribution in [3.05, 3.63) is 22.8 Å². The fraction of sp³-hybridized carbons (Fsp3) is 0.400. The second-order valence-corrected chi connectivity index (χ2v) is 3.91. The molecule has 0 spiro atoms. The van der Waals surface area contributed by atoms with Gasteiger partial charge in [0.2, 0.25) is 0 Å². The number of pyridine rings is 1. The Kier molecular flexibility index (Phi) is 3.26. The van der Waals surface area contributed by atoms with Crippen molar-refractivity contribution in [3.8, 4) is 0 Å². The molecule has 16 heavy (non-hydrogen) atoms. The van der Waals surface area contributed by atoms with Crippen molar-refractivity contribution >= 4 is 23.4 Å². The van der Waals surface area contributed by atoms with Crippen molar-refractivity contribution in [2.45, 2.75) is 0 Å². The lowest BCUT2D eigenvalue weighted by atomic mass is 10.2. The zero-order valence-corrected chi connectivity index (χ0v) is 9.37. The van der Waals surface area contributed by atoms with Crippen LogP contribution in [0.2, 0.25) is 5.15 Å². The molecular weight excluding hydrogens is 230 g/mol. The van der Waals surface area contributed by atoms with E-state index in [9.17, 15) is 4.79 Å². The van der Waals surface area contributed by atoms with Crippen LogP contribution in [-0.2, 0) is 0 Å². The van der Waals surface area contributed by atoms with Gasteiger partial charge < -0.3 is 15.3 Å². The molecular formula is C10H12ClN3O2. The number of nitrogens with one attached hydrogen (secondary N) is 1. The monoisotopic (exact) mass is 241 g/mol. The number of hydrogen-bond acceptors (Lipinski definition) is 4. The Hall–Kier alpha value is -1.33. The van der Waals surface area contributed by atoms with E-state index in [1.54, 1.807) is 6.07 Å². The maximum absolute atomic E-state index is 10.8. The fourth-order valence-corrected chi connectivity index (χ4v) is 1.88. The van der Waals surface area contributed by atoms with Gasteiger partial charge >= 0.3 is 5.97 Å². The van der Waals surface area contributed by atoms with Crippen molar-refractivity contribution in [2.24, 2.45) is 0 Å². The number of carbonyl (C=O) groups is 1. The van der Waals surface area contributed by atoms with Gasteiger partial charge in [0.15, 0.2) is 0 Å². The number of aromatic carboxylic acids is 1. The van der Waals surface area contributed by atoms with Crippen molar-refractivity contribution in [1.29, 1.82) is 0 Å². The van der Waals surface area contributed by atoms with Crippen LogP contribution in [0.15, 0.2) is 12.1 Å². The molecule has 1 aromatic heterocycles. The average molecular weight is 242 g/mol. The molecule has 6 heteroatoms. The molecule has 0 aliphatic carbocycles. The predicted octanol–water partition coefficient (Wildman–Crippen LogP) is 0.843. The number of anilines is 1. The van der Waals surface area contributed by atoms with Crippen molar-refractivity contribution in [3.63, 3.8) is 0 Å². The summed E-state index contributed by atoms with van der Waals surface area (Å²) in [5, 5.41) is 12.1.